The Morgan fingerprint density at radius 1 is 1.00 bits per heavy atom. The molecule has 1 aromatic carbocycles. The fourth-order valence-corrected chi connectivity index (χ4v) is 2.35. The molecule has 0 saturated heterocycles. The Labute approximate surface area is 138 Å². The van der Waals surface area contributed by atoms with Crippen LogP contribution in [-0.2, 0) is 0 Å². The molecule has 0 bridgehead atoms. The number of aromatic nitrogens is 2. The molecule has 0 aliphatic heterocycles. The lowest BCUT2D eigenvalue weighted by molar-refractivity contribution is 0.173. The van der Waals surface area contributed by atoms with Crippen LogP contribution < -0.4 is 4.74 Å². The Balaban J connectivity index is 1.91. The first-order chi connectivity index (χ1) is 11.2. The predicted molar refractivity (Wildman–Crippen MR) is 92.4 cm³/mol. The summed E-state index contributed by atoms with van der Waals surface area (Å²) >= 11 is 0. The topological polar surface area (TPSA) is 55.2 Å². The van der Waals surface area contributed by atoms with Crippen LogP contribution in [0.4, 0.5) is 0 Å². The normalized spacial score (nSPS) is 12.1. The number of nitrogens with zero attached hydrogens (tertiary/aromatic N) is 2. The van der Waals surface area contributed by atoms with Gasteiger partial charge >= 0.3 is 0 Å². The molecule has 124 valence electrons. The minimum Gasteiger partial charge on any atom is -0.490 e. The maximum Gasteiger partial charge on any atom is 0.159 e. The van der Waals surface area contributed by atoms with Crippen molar-refractivity contribution < 1.29 is 9.84 Å². The van der Waals surface area contributed by atoms with Crippen molar-refractivity contribution in [2.24, 2.45) is 0 Å². The third-order valence-corrected chi connectivity index (χ3v) is 3.84. The molecule has 0 aliphatic rings. The molecule has 23 heavy (non-hydrogen) atoms. The molecular formula is C19H26N2O2. The number of ether oxygens (including phenoxy) is 1. The summed E-state index contributed by atoms with van der Waals surface area (Å²) in [6.07, 6.45) is 8.48. The van der Waals surface area contributed by atoms with Gasteiger partial charge in [0.2, 0.25) is 0 Å². The summed E-state index contributed by atoms with van der Waals surface area (Å²) in [6.45, 7) is 4.87. The molecule has 1 atom stereocenters. The molecule has 0 fully saturated rings. The van der Waals surface area contributed by atoms with Gasteiger partial charge in [-0.3, -0.25) is 0 Å². The second kappa shape index (κ2) is 9.26. The van der Waals surface area contributed by atoms with E-state index in [0.29, 0.717) is 24.6 Å². The molecule has 0 spiro atoms. The Hall–Kier alpha value is -1.94. The number of hydrogen-bond acceptors (Lipinski definition) is 4. The number of unbranched alkanes of at least 4 members (excludes halogenated alkanes) is 3. The highest BCUT2D eigenvalue weighted by molar-refractivity contribution is 5.55. The van der Waals surface area contributed by atoms with Gasteiger partial charge in [-0.1, -0.05) is 57.4 Å². The van der Waals surface area contributed by atoms with Crippen LogP contribution in [-0.4, -0.2) is 21.7 Å². The molecule has 0 saturated carbocycles. The minimum absolute atomic E-state index is 0.409. The number of hydrogen-bond donors (Lipinski definition) is 1. The Morgan fingerprint density at radius 3 is 2.30 bits per heavy atom. The fraction of sp³-hybridized carbons (Fsp3) is 0.474. The van der Waals surface area contributed by atoms with Crippen molar-refractivity contribution in [3.05, 3.63) is 42.2 Å². The van der Waals surface area contributed by atoms with Crippen LogP contribution >= 0.6 is 0 Å². The number of aliphatic hydroxyl groups is 1. The summed E-state index contributed by atoms with van der Waals surface area (Å²) < 4.78 is 5.65. The maximum atomic E-state index is 9.82. The lowest BCUT2D eigenvalue weighted by Crippen LogP contribution is -1.99. The third-order valence-electron chi connectivity index (χ3n) is 3.84. The van der Waals surface area contributed by atoms with Gasteiger partial charge in [0.25, 0.3) is 0 Å². The molecule has 4 nitrogen and oxygen atoms in total. The highest BCUT2D eigenvalue weighted by atomic mass is 16.5. The summed E-state index contributed by atoms with van der Waals surface area (Å²) in [5.41, 5.74) is 1.86. The third kappa shape index (κ3) is 5.32. The van der Waals surface area contributed by atoms with Crippen molar-refractivity contribution in [2.75, 3.05) is 6.61 Å². The highest BCUT2D eigenvalue weighted by Crippen LogP contribution is 2.21. The first-order valence-corrected chi connectivity index (χ1v) is 8.47. The van der Waals surface area contributed by atoms with Crippen LogP contribution in [0.5, 0.6) is 5.75 Å². The molecule has 2 aromatic rings. The van der Waals surface area contributed by atoms with Crippen LogP contribution in [0.1, 0.15) is 57.6 Å². The zero-order valence-corrected chi connectivity index (χ0v) is 14.0. The maximum absolute atomic E-state index is 9.82. The van der Waals surface area contributed by atoms with E-state index < -0.39 is 6.10 Å². The monoisotopic (exact) mass is 314 g/mol. The van der Waals surface area contributed by atoms with Gasteiger partial charge in [-0.15, -0.1) is 0 Å². The molecule has 0 aliphatic carbocycles. The Bertz CT molecular complexity index is 567. The standard InChI is InChI=1S/C19H26N2O2/c1-3-5-6-7-12-23-17-13-20-19(21-14-17)16-10-8-15(9-11-16)18(22)4-2/h8-11,13-14,18,22H,3-7,12H2,1-2H3. The first kappa shape index (κ1) is 17.4. The zero-order valence-electron chi connectivity index (χ0n) is 14.0. The first-order valence-electron chi connectivity index (χ1n) is 8.47. The number of benzene rings is 1. The summed E-state index contributed by atoms with van der Waals surface area (Å²) in [5, 5.41) is 9.82. The van der Waals surface area contributed by atoms with E-state index >= 15 is 0 Å². The van der Waals surface area contributed by atoms with Gasteiger partial charge in [0.1, 0.15) is 0 Å². The molecule has 1 aromatic heterocycles. The van der Waals surface area contributed by atoms with E-state index in [0.717, 1.165) is 17.5 Å². The van der Waals surface area contributed by atoms with E-state index in [1.54, 1.807) is 12.4 Å². The largest absolute Gasteiger partial charge is 0.490 e. The van der Waals surface area contributed by atoms with E-state index in [-0.39, 0.29) is 0 Å². The molecule has 1 N–H and O–H groups in total. The molecule has 1 unspecified atom stereocenters. The van der Waals surface area contributed by atoms with Crippen LogP contribution in [0, 0.1) is 0 Å². The van der Waals surface area contributed by atoms with Crippen molar-refractivity contribution in [3.63, 3.8) is 0 Å². The van der Waals surface area contributed by atoms with E-state index in [1.165, 1.54) is 19.3 Å². The second-order valence-corrected chi connectivity index (χ2v) is 5.70. The lowest BCUT2D eigenvalue weighted by atomic mass is 10.1. The molecule has 1 heterocycles. The van der Waals surface area contributed by atoms with Crippen molar-refractivity contribution in [1.29, 1.82) is 0 Å². The SMILES string of the molecule is CCCCCCOc1cnc(-c2ccc(C(O)CC)cc2)nc1. The lowest BCUT2D eigenvalue weighted by Gasteiger charge is -2.09. The summed E-state index contributed by atoms with van der Waals surface area (Å²) in [6, 6.07) is 7.72. The van der Waals surface area contributed by atoms with Gasteiger partial charge in [0, 0.05) is 5.56 Å². The van der Waals surface area contributed by atoms with Crippen LogP contribution in [0.15, 0.2) is 36.7 Å². The van der Waals surface area contributed by atoms with Crippen molar-refractivity contribution in [2.45, 2.75) is 52.1 Å². The smallest absolute Gasteiger partial charge is 0.159 e. The highest BCUT2D eigenvalue weighted by Gasteiger charge is 2.06. The molecular weight excluding hydrogens is 288 g/mol. The Kier molecular flexibility index (Phi) is 7.01. The molecule has 0 radical (unpaired) electrons. The van der Waals surface area contributed by atoms with Crippen LogP contribution in [0.25, 0.3) is 11.4 Å². The van der Waals surface area contributed by atoms with Gasteiger partial charge in [-0.2, -0.15) is 0 Å². The van der Waals surface area contributed by atoms with Gasteiger partial charge in [0.15, 0.2) is 11.6 Å². The van der Waals surface area contributed by atoms with Crippen LogP contribution in [0.2, 0.25) is 0 Å². The van der Waals surface area contributed by atoms with E-state index in [4.69, 9.17) is 4.74 Å². The fourth-order valence-electron chi connectivity index (χ4n) is 2.35. The quantitative estimate of drug-likeness (QED) is 0.690. The average Bonchev–Trinajstić information content (AvgIpc) is 2.61. The van der Waals surface area contributed by atoms with Gasteiger partial charge < -0.3 is 9.84 Å². The van der Waals surface area contributed by atoms with E-state index in [9.17, 15) is 5.11 Å². The predicted octanol–water partition coefficient (Wildman–Crippen LogP) is 4.55. The zero-order chi connectivity index (χ0) is 16.5. The van der Waals surface area contributed by atoms with E-state index in [1.807, 2.05) is 31.2 Å². The van der Waals surface area contributed by atoms with Crippen molar-refractivity contribution in [3.8, 4) is 17.1 Å². The minimum atomic E-state index is -0.409. The summed E-state index contributed by atoms with van der Waals surface area (Å²) in [4.78, 5) is 8.72. The number of aliphatic hydroxyl groups excluding tert-OH is 1. The summed E-state index contributed by atoms with van der Waals surface area (Å²) in [7, 11) is 0. The molecule has 0 amide bonds. The van der Waals surface area contributed by atoms with Gasteiger partial charge in [-0.05, 0) is 18.4 Å². The molecule has 2 rings (SSSR count). The van der Waals surface area contributed by atoms with Crippen molar-refractivity contribution in [1.82, 2.24) is 9.97 Å². The summed E-state index contributed by atoms with van der Waals surface area (Å²) in [5.74, 6) is 1.38. The Morgan fingerprint density at radius 2 is 1.70 bits per heavy atom. The second-order valence-electron chi connectivity index (χ2n) is 5.70. The number of rotatable bonds is 9. The van der Waals surface area contributed by atoms with Gasteiger partial charge in [-0.25, -0.2) is 9.97 Å². The van der Waals surface area contributed by atoms with Crippen molar-refractivity contribution >= 4 is 0 Å². The average molecular weight is 314 g/mol. The van der Waals surface area contributed by atoms with Gasteiger partial charge in [0.05, 0.1) is 25.1 Å². The van der Waals surface area contributed by atoms with E-state index in [2.05, 4.69) is 16.9 Å². The molecule has 4 heteroatoms. The van der Waals surface area contributed by atoms with Crippen LogP contribution in [0.3, 0.4) is 0 Å².